The van der Waals surface area contributed by atoms with Crippen LogP contribution in [0.1, 0.15) is 17.0 Å². The number of nitrogens with zero attached hydrogens (tertiary/aromatic N) is 1. The molecule has 0 spiro atoms. The summed E-state index contributed by atoms with van der Waals surface area (Å²) in [6.45, 7) is 1.67. The maximum Gasteiger partial charge on any atom is 0.180 e. The maximum atomic E-state index is 13.1. The van der Waals surface area contributed by atoms with Crippen molar-refractivity contribution in [3.05, 3.63) is 88.5 Å². The van der Waals surface area contributed by atoms with E-state index in [0.29, 0.717) is 23.1 Å². The lowest BCUT2D eigenvalue weighted by Gasteiger charge is -2.14. The normalized spacial score (nSPS) is 11.1. The molecule has 0 unspecified atom stereocenters. The molecule has 0 fully saturated rings. The molecule has 0 aliphatic carbocycles. The van der Waals surface area contributed by atoms with E-state index in [1.807, 2.05) is 36.4 Å². The average Bonchev–Trinajstić information content (AvgIpc) is 3.19. The Balaban J connectivity index is 1.34. The quantitative estimate of drug-likeness (QED) is 0.348. The Kier molecular flexibility index (Phi) is 6.70. The number of H-pyrrole nitrogens is 1. The van der Waals surface area contributed by atoms with Gasteiger partial charge in [-0.3, -0.25) is 0 Å². The topological polar surface area (TPSA) is 59.2 Å². The van der Waals surface area contributed by atoms with E-state index in [2.05, 4.69) is 15.3 Å². The van der Waals surface area contributed by atoms with E-state index in [1.165, 1.54) is 12.1 Å². The van der Waals surface area contributed by atoms with Crippen LogP contribution < -0.4 is 14.8 Å². The summed E-state index contributed by atoms with van der Waals surface area (Å²) >= 11 is 6.45. The standard InChI is InChI=1S/C24H23ClFN3O2/c1-30-22-13-17(12-19(25)24(22)31-15-16-6-8-18(26)9-7-16)14-27-11-10-23-28-20-4-2-3-5-21(20)29-23/h2-9,12-13,27H,10-11,14-15H2,1H3,(H,28,29). The van der Waals surface area contributed by atoms with Crippen LogP contribution in [0.25, 0.3) is 11.0 Å². The van der Waals surface area contributed by atoms with Crippen molar-refractivity contribution in [3.63, 3.8) is 0 Å². The van der Waals surface area contributed by atoms with Crippen molar-refractivity contribution in [2.45, 2.75) is 19.6 Å². The van der Waals surface area contributed by atoms with Crippen molar-refractivity contribution < 1.29 is 13.9 Å². The summed E-state index contributed by atoms with van der Waals surface area (Å²) in [4.78, 5) is 7.92. The molecule has 0 radical (unpaired) electrons. The number of para-hydroxylation sites is 2. The van der Waals surface area contributed by atoms with Crippen molar-refractivity contribution in [3.8, 4) is 11.5 Å². The van der Waals surface area contributed by atoms with E-state index in [-0.39, 0.29) is 12.4 Å². The largest absolute Gasteiger partial charge is 0.493 e. The SMILES string of the molecule is COc1cc(CNCCc2nc3ccccc3[nH]2)cc(Cl)c1OCc1ccc(F)cc1. The van der Waals surface area contributed by atoms with Crippen LogP contribution in [0.2, 0.25) is 5.02 Å². The van der Waals surface area contributed by atoms with Gasteiger partial charge in [0.1, 0.15) is 18.2 Å². The van der Waals surface area contributed by atoms with Crippen LogP contribution in [-0.2, 0) is 19.6 Å². The summed E-state index contributed by atoms with van der Waals surface area (Å²) in [6.07, 6.45) is 0.790. The summed E-state index contributed by atoms with van der Waals surface area (Å²) in [6, 6.07) is 17.9. The number of fused-ring (bicyclic) bond motifs is 1. The predicted octanol–water partition coefficient (Wildman–Crippen LogP) is 5.28. The zero-order valence-corrected chi connectivity index (χ0v) is 17.9. The molecule has 5 nitrogen and oxygen atoms in total. The van der Waals surface area contributed by atoms with Gasteiger partial charge < -0.3 is 19.8 Å². The van der Waals surface area contributed by atoms with Crippen molar-refractivity contribution in [2.24, 2.45) is 0 Å². The molecule has 2 N–H and O–H groups in total. The number of methoxy groups -OCH3 is 1. The Morgan fingerprint density at radius 3 is 2.65 bits per heavy atom. The molecule has 4 rings (SSSR count). The predicted molar refractivity (Wildman–Crippen MR) is 120 cm³/mol. The number of aromatic nitrogens is 2. The first kappa shape index (κ1) is 21.2. The third-order valence-electron chi connectivity index (χ3n) is 4.89. The van der Waals surface area contributed by atoms with Gasteiger partial charge in [0.05, 0.1) is 23.2 Å². The van der Waals surface area contributed by atoms with Gasteiger partial charge in [-0.2, -0.15) is 0 Å². The third kappa shape index (κ3) is 5.34. The number of benzene rings is 3. The van der Waals surface area contributed by atoms with E-state index >= 15 is 0 Å². The number of imidazole rings is 1. The summed E-state index contributed by atoms with van der Waals surface area (Å²) < 4.78 is 24.4. The molecular formula is C24H23ClFN3O2. The number of rotatable bonds is 9. The van der Waals surface area contributed by atoms with Crippen LogP contribution in [-0.4, -0.2) is 23.6 Å². The number of aromatic amines is 1. The second kappa shape index (κ2) is 9.81. The number of ether oxygens (including phenoxy) is 2. The lowest BCUT2D eigenvalue weighted by atomic mass is 10.2. The average molecular weight is 440 g/mol. The molecular weight excluding hydrogens is 417 g/mol. The summed E-state index contributed by atoms with van der Waals surface area (Å²) in [7, 11) is 1.58. The zero-order chi connectivity index (χ0) is 21.6. The second-order valence-electron chi connectivity index (χ2n) is 7.15. The minimum atomic E-state index is -0.281. The van der Waals surface area contributed by atoms with Crippen LogP contribution in [0, 0.1) is 5.82 Å². The zero-order valence-electron chi connectivity index (χ0n) is 17.1. The lowest BCUT2D eigenvalue weighted by molar-refractivity contribution is 0.284. The Morgan fingerprint density at radius 1 is 1.06 bits per heavy atom. The van der Waals surface area contributed by atoms with Gasteiger partial charge in [-0.1, -0.05) is 35.9 Å². The molecule has 1 aromatic heterocycles. The van der Waals surface area contributed by atoms with Crippen LogP contribution in [0.3, 0.4) is 0 Å². The molecule has 160 valence electrons. The molecule has 0 bridgehead atoms. The Bertz CT molecular complexity index is 1130. The molecule has 31 heavy (non-hydrogen) atoms. The summed E-state index contributed by atoms with van der Waals surface area (Å²) in [5.74, 6) is 1.70. The van der Waals surface area contributed by atoms with E-state index in [4.69, 9.17) is 21.1 Å². The molecule has 7 heteroatoms. The highest BCUT2D eigenvalue weighted by atomic mass is 35.5. The molecule has 0 aliphatic heterocycles. The van der Waals surface area contributed by atoms with Gasteiger partial charge in [0.2, 0.25) is 0 Å². The summed E-state index contributed by atoms with van der Waals surface area (Å²) in [5.41, 5.74) is 3.85. The molecule has 4 aromatic rings. The number of hydrogen-bond donors (Lipinski definition) is 2. The van der Waals surface area contributed by atoms with E-state index < -0.39 is 0 Å². The van der Waals surface area contributed by atoms with Gasteiger partial charge in [0, 0.05) is 19.5 Å². The molecule has 0 amide bonds. The van der Waals surface area contributed by atoms with Crippen molar-refractivity contribution >= 4 is 22.6 Å². The fourth-order valence-electron chi connectivity index (χ4n) is 3.32. The third-order valence-corrected chi connectivity index (χ3v) is 5.17. The van der Waals surface area contributed by atoms with Crippen molar-refractivity contribution in [2.75, 3.05) is 13.7 Å². The Morgan fingerprint density at radius 2 is 1.87 bits per heavy atom. The maximum absolute atomic E-state index is 13.1. The minimum Gasteiger partial charge on any atom is -0.493 e. The minimum absolute atomic E-state index is 0.269. The van der Waals surface area contributed by atoms with Gasteiger partial charge in [0.15, 0.2) is 11.5 Å². The highest BCUT2D eigenvalue weighted by molar-refractivity contribution is 6.32. The molecule has 0 atom stereocenters. The monoisotopic (exact) mass is 439 g/mol. The van der Waals surface area contributed by atoms with Gasteiger partial charge in [-0.05, 0) is 47.5 Å². The fraction of sp³-hybridized carbons (Fsp3) is 0.208. The second-order valence-corrected chi connectivity index (χ2v) is 7.56. The number of halogens is 2. The molecule has 0 saturated heterocycles. The first-order valence-corrected chi connectivity index (χ1v) is 10.4. The Hall–Kier alpha value is -3.09. The molecule has 0 aliphatic rings. The first-order chi connectivity index (χ1) is 15.1. The lowest BCUT2D eigenvalue weighted by Crippen LogP contribution is -2.17. The van der Waals surface area contributed by atoms with Gasteiger partial charge >= 0.3 is 0 Å². The van der Waals surface area contributed by atoms with Crippen LogP contribution in [0.5, 0.6) is 11.5 Å². The number of nitrogens with one attached hydrogen (secondary N) is 2. The van der Waals surface area contributed by atoms with Crippen LogP contribution in [0.15, 0.2) is 60.7 Å². The summed E-state index contributed by atoms with van der Waals surface area (Å²) in [5, 5.41) is 3.87. The van der Waals surface area contributed by atoms with E-state index in [9.17, 15) is 4.39 Å². The van der Waals surface area contributed by atoms with Crippen LogP contribution in [0.4, 0.5) is 4.39 Å². The van der Waals surface area contributed by atoms with Gasteiger partial charge in [0.25, 0.3) is 0 Å². The smallest absolute Gasteiger partial charge is 0.180 e. The fourth-order valence-corrected chi connectivity index (χ4v) is 3.60. The van der Waals surface area contributed by atoms with E-state index in [1.54, 1.807) is 19.2 Å². The Labute approximate surface area is 185 Å². The molecule has 0 saturated carbocycles. The van der Waals surface area contributed by atoms with Gasteiger partial charge in [-0.15, -0.1) is 0 Å². The van der Waals surface area contributed by atoms with E-state index in [0.717, 1.165) is 41.0 Å². The van der Waals surface area contributed by atoms with Crippen LogP contribution >= 0.6 is 11.6 Å². The highest BCUT2D eigenvalue weighted by Crippen LogP contribution is 2.37. The van der Waals surface area contributed by atoms with Gasteiger partial charge in [-0.25, -0.2) is 9.37 Å². The molecule has 1 heterocycles. The molecule has 3 aromatic carbocycles. The highest BCUT2D eigenvalue weighted by Gasteiger charge is 2.13. The number of hydrogen-bond acceptors (Lipinski definition) is 4. The first-order valence-electron chi connectivity index (χ1n) is 10.0. The van der Waals surface area contributed by atoms with Crippen molar-refractivity contribution in [1.82, 2.24) is 15.3 Å². The van der Waals surface area contributed by atoms with Crippen molar-refractivity contribution in [1.29, 1.82) is 0 Å².